The van der Waals surface area contributed by atoms with Crippen molar-refractivity contribution in [1.29, 1.82) is 0 Å². The lowest BCUT2D eigenvalue weighted by Crippen LogP contribution is -2.30. The fourth-order valence-electron chi connectivity index (χ4n) is 4.93. The number of aliphatic hydroxyl groups excluding tert-OH is 2. The second kappa shape index (κ2) is 11.5. The molecule has 2 fully saturated rings. The van der Waals surface area contributed by atoms with E-state index in [0.717, 1.165) is 44.1 Å². The van der Waals surface area contributed by atoms with Crippen LogP contribution in [0.15, 0.2) is 0 Å². The van der Waals surface area contributed by atoms with Crippen molar-refractivity contribution in [2.75, 3.05) is 13.2 Å². The van der Waals surface area contributed by atoms with Crippen LogP contribution < -0.4 is 0 Å². The molecule has 142 valence electrons. The fourth-order valence-corrected chi connectivity index (χ4v) is 4.93. The van der Waals surface area contributed by atoms with Gasteiger partial charge in [0, 0.05) is 6.61 Å². The van der Waals surface area contributed by atoms with E-state index in [2.05, 4.69) is 6.92 Å². The molecule has 1 saturated heterocycles. The van der Waals surface area contributed by atoms with E-state index >= 15 is 0 Å². The van der Waals surface area contributed by atoms with Crippen LogP contribution in [0.25, 0.3) is 0 Å². The van der Waals surface area contributed by atoms with Crippen molar-refractivity contribution in [3.8, 4) is 0 Å². The summed E-state index contributed by atoms with van der Waals surface area (Å²) in [5, 5.41) is 19.1. The maximum Gasteiger partial charge on any atom is 0.0609 e. The van der Waals surface area contributed by atoms with Gasteiger partial charge in [-0.05, 0) is 56.3 Å². The number of unbranched alkanes of at least 4 members (excludes halogenated alkanes) is 6. The van der Waals surface area contributed by atoms with Gasteiger partial charge in [-0.3, -0.25) is 0 Å². The van der Waals surface area contributed by atoms with Gasteiger partial charge in [-0.1, -0.05) is 51.9 Å². The Bertz CT molecular complexity index is 320. The molecule has 0 aromatic carbocycles. The molecule has 2 rings (SSSR count). The first-order valence-corrected chi connectivity index (χ1v) is 10.7. The molecule has 0 amide bonds. The summed E-state index contributed by atoms with van der Waals surface area (Å²) in [5.74, 6) is 2.32. The maximum absolute atomic E-state index is 10.2. The van der Waals surface area contributed by atoms with Gasteiger partial charge in [-0.2, -0.15) is 0 Å². The van der Waals surface area contributed by atoms with Gasteiger partial charge in [0.25, 0.3) is 0 Å². The number of hydrogen-bond acceptors (Lipinski definition) is 3. The highest BCUT2D eigenvalue weighted by Gasteiger charge is 2.47. The minimum Gasteiger partial charge on any atom is -0.396 e. The zero-order valence-electron chi connectivity index (χ0n) is 15.8. The summed E-state index contributed by atoms with van der Waals surface area (Å²) in [5.41, 5.74) is 0. The van der Waals surface area contributed by atoms with E-state index in [1.807, 2.05) is 0 Å². The standard InChI is InChI=1S/C21H40O3/c1-2-3-7-10-18(23)12-13-20-19(17-15-21(20)24-16-17)11-8-5-4-6-9-14-22/h17-23H,2-16H2,1H3/t17-,18-,19-,20?,21-/m0/s1. The van der Waals surface area contributed by atoms with Crippen LogP contribution in [-0.2, 0) is 4.74 Å². The average Bonchev–Trinajstić information content (AvgIpc) is 3.18. The summed E-state index contributed by atoms with van der Waals surface area (Å²) in [4.78, 5) is 0. The van der Waals surface area contributed by atoms with E-state index in [0.29, 0.717) is 18.6 Å². The minimum atomic E-state index is -0.102. The third-order valence-electron chi connectivity index (χ3n) is 6.36. The van der Waals surface area contributed by atoms with Crippen LogP contribution in [0.2, 0.25) is 0 Å². The molecule has 3 heteroatoms. The molecule has 0 radical (unpaired) electrons. The maximum atomic E-state index is 10.2. The van der Waals surface area contributed by atoms with E-state index in [1.54, 1.807) is 0 Å². The lowest BCUT2D eigenvalue weighted by molar-refractivity contribution is -0.00980. The van der Waals surface area contributed by atoms with Gasteiger partial charge in [0.15, 0.2) is 0 Å². The molecule has 1 unspecified atom stereocenters. The smallest absolute Gasteiger partial charge is 0.0609 e. The number of ether oxygens (including phenoxy) is 1. The van der Waals surface area contributed by atoms with Crippen molar-refractivity contribution in [3.05, 3.63) is 0 Å². The van der Waals surface area contributed by atoms with Gasteiger partial charge in [-0.15, -0.1) is 0 Å². The number of aliphatic hydroxyl groups is 2. The van der Waals surface area contributed by atoms with Crippen LogP contribution in [-0.4, -0.2) is 35.6 Å². The third-order valence-corrected chi connectivity index (χ3v) is 6.36. The second-order valence-electron chi connectivity index (χ2n) is 8.20. The molecule has 5 atom stereocenters. The third kappa shape index (κ3) is 6.31. The molecule has 1 aliphatic heterocycles. The number of hydrogen-bond donors (Lipinski definition) is 2. The van der Waals surface area contributed by atoms with Crippen LogP contribution in [0.3, 0.4) is 0 Å². The Morgan fingerprint density at radius 2 is 1.71 bits per heavy atom. The Morgan fingerprint density at radius 1 is 0.917 bits per heavy atom. The summed E-state index contributed by atoms with van der Waals surface area (Å²) in [6, 6.07) is 0. The zero-order valence-corrected chi connectivity index (χ0v) is 15.8. The van der Waals surface area contributed by atoms with Gasteiger partial charge < -0.3 is 14.9 Å². The van der Waals surface area contributed by atoms with E-state index in [1.165, 1.54) is 57.8 Å². The summed E-state index contributed by atoms with van der Waals surface area (Å²) < 4.78 is 5.98. The van der Waals surface area contributed by atoms with E-state index in [-0.39, 0.29) is 6.10 Å². The quantitative estimate of drug-likeness (QED) is 0.451. The Hall–Kier alpha value is -0.120. The second-order valence-corrected chi connectivity index (χ2v) is 8.20. The van der Waals surface area contributed by atoms with Gasteiger partial charge in [-0.25, -0.2) is 0 Å². The Labute approximate surface area is 149 Å². The highest BCUT2D eigenvalue weighted by atomic mass is 16.5. The molecule has 3 nitrogen and oxygen atoms in total. The molecule has 2 N–H and O–H groups in total. The molecular weight excluding hydrogens is 300 g/mol. The SMILES string of the molecule is CCCCC[C@H](O)CCC1[C@@H]2C[C@@H](CO2)[C@@H]1CCCCCCCO. The predicted molar refractivity (Wildman–Crippen MR) is 99.0 cm³/mol. The first-order valence-electron chi connectivity index (χ1n) is 10.7. The van der Waals surface area contributed by atoms with Crippen LogP contribution in [0, 0.1) is 17.8 Å². The van der Waals surface area contributed by atoms with E-state index in [4.69, 9.17) is 9.84 Å². The van der Waals surface area contributed by atoms with Gasteiger partial charge in [0.1, 0.15) is 0 Å². The van der Waals surface area contributed by atoms with Gasteiger partial charge in [0.05, 0.1) is 18.8 Å². The van der Waals surface area contributed by atoms with Crippen molar-refractivity contribution >= 4 is 0 Å². The molecular formula is C21H40O3. The lowest BCUT2D eigenvalue weighted by atomic mass is 9.80. The van der Waals surface area contributed by atoms with E-state index in [9.17, 15) is 5.11 Å². The monoisotopic (exact) mass is 340 g/mol. The normalized spacial score (nSPS) is 30.1. The molecule has 1 saturated carbocycles. The van der Waals surface area contributed by atoms with Crippen molar-refractivity contribution in [3.63, 3.8) is 0 Å². The molecule has 1 heterocycles. The van der Waals surface area contributed by atoms with Crippen LogP contribution in [0.1, 0.15) is 90.4 Å². The van der Waals surface area contributed by atoms with Crippen molar-refractivity contribution in [2.45, 2.75) is 103 Å². The summed E-state index contributed by atoms with van der Waals surface area (Å²) in [6.07, 6.45) is 15.8. The number of rotatable bonds is 14. The van der Waals surface area contributed by atoms with E-state index < -0.39 is 0 Å². The first kappa shape index (κ1) is 20.2. The first-order chi connectivity index (χ1) is 11.8. The van der Waals surface area contributed by atoms with Crippen LogP contribution >= 0.6 is 0 Å². The van der Waals surface area contributed by atoms with Gasteiger partial charge >= 0.3 is 0 Å². The summed E-state index contributed by atoms with van der Waals surface area (Å²) >= 11 is 0. The molecule has 1 aliphatic carbocycles. The topological polar surface area (TPSA) is 49.7 Å². The Kier molecular flexibility index (Phi) is 9.67. The summed E-state index contributed by atoms with van der Waals surface area (Å²) in [7, 11) is 0. The molecule has 0 spiro atoms. The molecule has 24 heavy (non-hydrogen) atoms. The molecule has 0 aromatic rings. The largest absolute Gasteiger partial charge is 0.396 e. The minimum absolute atomic E-state index is 0.102. The Morgan fingerprint density at radius 3 is 2.50 bits per heavy atom. The van der Waals surface area contributed by atoms with Crippen molar-refractivity contribution < 1.29 is 14.9 Å². The Balaban J connectivity index is 1.65. The predicted octanol–water partition coefficient (Wildman–Crippen LogP) is 4.69. The molecule has 2 bridgehead atoms. The zero-order chi connectivity index (χ0) is 17.2. The highest BCUT2D eigenvalue weighted by Crippen LogP contribution is 2.49. The fraction of sp³-hybridized carbons (Fsp3) is 1.00. The van der Waals surface area contributed by atoms with Gasteiger partial charge in [0.2, 0.25) is 0 Å². The van der Waals surface area contributed by atoms with Crippen molar-refractivity contribution in [1.82, 2.24) is 0 Å². The average molecular weight is 341 g/mol. The molecule has 2 aliphatic rings. The van der Waals surface area contributed by atoms with Crippen LogP contribution in [0.4, 0.5) is 0 Å². The molecule has 0 aromatic heterocycles. The van der Waals surface area contributed by atoms with Crippen molar-refractivity contribution in [2.24, 2.45) is 17.8 Å². The summed E-state index contributed by atoms with van der Waals surface area (Å²) in [6.45, 7) is 3.54. The highest BCUT2D eigenvalue weighted by molar-refractivity contribution is 4.96. The lowest BCUT2D eigenvalue weighted by Gasteiger charge is -2.32. The number of fused-ring (bicyclic) bond motifs is 2. The van der Waals surface area contributed by atoms with Crippen LogP contribution in [0.5, 0.6) is 0 Å².